The van der Waals surface area contributed by atoms with Gasteiger partial charge in [0.15, 0.2) is 11.6 Å². The van der Waals surface area contributed by atoms with Crippen molar-refractivity contribution in [2.75, 3.05) is 28.7 Å². The van der Waals surface area contributed by atoms with Crippen molar-refractivity contribution in [3.63, 3.8) is 0 Å². The van der Waals surface area contributed by atoms with E-state index in [1.54, 1.807) is 35.4 Å². The quantitative estimate of drug-likeness (QED) is 0.597. The Morgan fingerprint density at radius 3 is 2.72 bits per heavy atom. The number of fused-ring (bicyclic) bond motifs is 1. The summed E-state index contributed by atoms with van der Waals surface area (Å²) < 4.78 is 39.6. The van der Waals surface area contributed by atoms with Crippen molar-refractivity contribution < 1.29 is 13.2 Å². The average Bonchev–Trinajstić information content (AvgIpc) is 2.77. The maximum atomic E-state index is 13.2. The van der Waals surface area contributed by atoms with Gasteiger partial charge in [0.2, 0.25) is 0 Å². The van der Waals surface area contributed by atoms with Crippen LogP contribution in [0.4, 0.5) is 30.5 Å². The van der Waals surface area contributed by atoms with Gasteiger partial charge in [0, 0.05) is 31.6 Å². The van der Waals surface area contributed by atoms with Crippen LogP contribution in [-0.4, -0.2) is 28.8 Å². The second-order valence-electron chi connectivity index (χ2n) is 7.26. The number of hydrogen-bond acceptors (Lipinski definition) is 6. The minimum atomic E-state index is -4.43. The summed E-state index contributed by atoms with van der Waals surface area (Å²) >= 11 is 0. The van der Waals surface area contributed by atoms with Gasteiger partial charge < -0.3 is 10.2 Å². The summed E-state index contributed by atoms with van der Waals surface area (Å²) in [7, 11) is 1.95. The van der Waals surface area contributed by atoms with E-state index in [2.05, 4.69) is 22.1 Å². The summed E-state index contributed by atoms with van der Waals surface area (Å²) in [6.45, 7) is 4.88. The summed E-state index contributed by atoms with van der Waals surface area (Å²) in [4.78, 5) is 8.54. The van der Waals surface area contributed by atoms with Crippen LogP contribution in [0.15, 0.2) is 79.4 Å². The van der Waals surface area contributed by atoms with Gasteiger partial charge in [-0.25, -0.2) is 4.98 Å². The van der Waals surface area contributed by atoms with E-state index in [1.807, 2.05) is 30.3 Å². The molecule has 0 spiro atoms. The predicted molar refractivity (Wildman–Crippen MR) is 119 cm³/mol. The number of anilines is 3. The molecule has 1 aromatic carbocycles. The fraction of sp³-hybridized carbons (Fsp3) is 0.174. The molecule has 32 heavy (non-hydrogen) atoms. The van der Waals surface area contributed by atoms with Crippen LogP contribution in [-0.2, 0) is 6.18 Å². The van der Waals surface area contributed by atoms with Gasteiger partial charge in [-0.3, -0.25) is 4.90 Å². The Balaban J connectivity index is 1.76. The van der Waals surface area contributed by atoms with Crippen molar-refractivity contribution >= 4 is 17.3 Å². The molecule has 0 fully saturated rings. The van der Waals surface area contributed by atoms with Gasteiger partial charge in [-0.2, -0.15) is 18.3 Å². The standard InChI is InChI=1S/C23H21F3N6/c1-16(28-21-9-6-12-27-30-21)32-14-4-3-13-31(2)20-11-10-19(29-22(20)32)17-7-5-8-18(15-17)23(24,25)26/h4-12,14-15H,1,3,13H2,2H3,(H,28,30)/b14-4-. The lowest BCUT2D eigenvalue weighted by Gasteiger charge is -2.30. The zero-order chi connectivity index (χ0) is 22.7. The number of rotatable bonds is 4. The number of benzene rings is 1. The molecule has 6 nitrogen and oxygen atoms in total. The third-order valence-electron chi connectivity index (χ3n) is 5.00. The highest BCUT2D eigenvalue weighted by Gasteiger charge is 2.30. The number of nitrogens with one attached hydrogen (secondary N) is 1. The van der Waals surface area contributed by atoms with Crippen LogP contribution < -0.4 is 15.1 Å². The third kappa shape index (κ3) is 4.56. The van der Waals surface area contributed by atoms with Crippen LogP contribution in [0.2, 0.25) is 0 Å². The second kappa shape index (κ2) is 8.70. The molecule has 2 aromatic heterocycles. The van der Waals surface area contributed by atoms with E-state index < -0.39 is 11.7 Å². The lowest BCUT2D eigenvalue weighted by Crippen LogP contribution is -2.28. The Hall–Kier alpha value is -3.88. The fourth-order valence-electron chi connectivity index (χ4n) is 3.37. The topological polar surface area (TPSA) is 57.2 Å². The summed E-state index contributed by atoms with van der Waals surface area (Å²) in [6, 6.07) is 12.2. The first-order chi connectivity index (χ1) is 15.3. The summed E-state index contributed by atoms with van der Waals surface area (Å²) in [6.07, 6.45) is 1.78. The van der Waals surface area contributed by atoms with Crippen LogP contribution >= 0.6 is 0 Å². The molecule has 0 saturated heterocycles. The molecular formula is C23H21F3N6. The van der Waals surface area contributed by atoms with E-state index in [4.69, 9.17) is 4.98 Å². The summed E-state index contributed by atoms with van der Waals surface area (Å²) in [5, 5.41) is 11.0. The molecule has 1 N–H and O–H groups in total. The minimum Gasteiger partial charge on any atom is -0.371 e. The van der Waals surface area contributed by atoms with Crippen molar-refractivity contribution in [1.29, 1.82) is 0 Å². The van der Waals surface area contributed by atoms with E-state index in [9.17, 15) is 13.2 Å². The van der Waals surface area contributed by atoms with Gasteiger partial charge in [0.25, 0.3) is 0 Å². The highest BCUT2D eigenvalue weighted by molar-refractivity contribution is 5.76. The molecule has 0 radical (unpaired) electrons. The summed E-state index contributed by atoms with van der Waals surface area (Å²) in [5.41, 5.74) is 0.914. The Bertz CT molecular complexity index is 1140. The fourth-order valence-corrected chi connectivity index (χ4v) is 3.37. The Morgan fingerprint density at radius 1 is 1.12 bits per heavy atom. The van der Waals surface area contributed by atoms with Gasteiger partial charge >= 0.3 is 6.18 Å². The number of pyridine rings is 1. The zero-order valence-electron chi connectivity index (χ0n) is 17.3. The van der Waals surface area contributed by atoms with Crippen molar-refractivity contribution in [2.24, 2.45) is 0 Å². The molecule has 1 aliphatic rings. The SMILES string of the molecule is C=C(Nc1cccnn1)N1/C=C\CCN(C)c2ccc(-c3cccc(C(F)(F)F)c3)nc21. The first kappa shape index (κ1) is 21.4. The normalized spacial score (nSPS) is 14.9. The molecule has 1 aliphatic heterocycles. The molecule has 164 valence electrons. The molecule has 0 unspecified atom stereocenters. The number of hydrogen-bond donors (Lipinski definition) is 1. The van der Waals surface area contributed by atoms with E-state index in [-0.39, 0.29) is 0 Å². The first-order valence-corrected chi connectivity index (χ1v) is 9.92. The highest BCUT2D eigenvalue weighted by atomic mass is 19.4. The summed E-state index contributed by atoms with van der Waals surface area (Å²) in [5.74, 6) is 1.53. The maximum Gasteiger partial charge on any atom is 0.416 e. The van der Waals surface area contributed by atoms with Gasteiger partial charge in [-0.15, -0.1) is 5.10 Å². The lowest BCUT2D eigenvalue weighted by atomic mass is 10.1. The number of halogens is 3. The van der Waals surface area contributed by atoms with Crippen molar-refractivity contribution in [3.05, 3.63) is 85.0 Å². The molecule has 0 bridgehead atoms. The molecule has 0 aliphatic carbocycles. The number of aromatic nitrogens is 3. The molecule has 0 amide bonds. The minimum absolute atomic E-state index is 0.378. The van der Waals surface area contributed by atoms with E-state index >= 15 is 0 Å². The highest BCUT2D eigenvalue weighted by Crippen LogP contribution is 2.36. The molecule has 0 saturated carbocycles. The van der Waals surface area contributed by atoms with Crippen LogP contribution in [0.25, 0.3) is 11.3 Å². The Kier molecular flexibility index (Phi) is 5.81. The van der Waals surface area contributed by atoms with Gasteiger partial charge in [-0.05, 0) is 42.8 Å². The lowest BCUT2D eigenvalue weighted by molar-refractivity contribution is -0.137. The van der Waals surface area contributed by atoms with Gasteiger partial charge in [-0.1, -0.05) is 24.8 Å². The average molecular weight is 438 g/mol. The molecule has 0 atom stereocenters. The predicted octanol–water partition coefficient (Wildman–Crippen LogP) is 5.30. The van der Waals surface area contributed by atoms with Gasteiger partial charge in [0.05, 0.1) is 16.9 Å². The van der Waals surface area contributed by atoms with E-state index in [0.29, 0.717) is 28.7 Å². The van der Waals surface area contributed by atoms with Crippen molar-refractivity contribution in [3.8, 4) is 11.3 Å². The Morgan fingerprint density at radius 2 is 1.97 bits per heavy atom. The molecule has 3 heterocycles. The number of alkyl halides is 3. The van der Waals surface area contributed by atoms with Crippen LogP contribution in [0.5, 0.6) is 0 Å². The van der Waals surface area contributed by atoms with E-state index in [1.165, 1.54) is 6.07 Å². The van der Waals surface area contributed by atoms with E-state index in [0.717, 1.165) is 30.8 Å². The number of nitrogens with zero attached hydrogens (tertiary/aromatic N) is 5. The maximum absolute atomic E-state index is 13.2. The van der Waals surface area contributed by atoms with Gasteiger partial charge in [0.1, 0.15) is 5.82 Å². The molecule has 3 aromatic rings. The largest absolute Gasteiger partial charge is 0.416 e. The van der Waals surface area contributed by atoms with Crippen molar-refractivity contribution in [1.82, 2.24) is 15.2 Å². The molecule has 9 heteroatoms. The smallest absolute Gasteiger partial charge is 0.371 e. The molecular weight excluding hydrogens is 417 g/mol. The molecule has 4 rings (SSSR count). The monoisotopic (exact) mass is 438 g/mol. The third-order valence-corrected chi connectivity index (χ3v) is 5.00. The van der Waals surface area contributed by atoms with Crippen LogP contribution in [0, 0.1) is 0 Å². The Labute approximate surface area is 183 Å². The second-order valence-corrected chi connectivity index (χ2v) is 7.26. The van der Waals surface area contributed by atoms with Crippen LogP contribution in [0.1, 0.15) is 12.0 Å². The zero-order valence-corrected chi connectivity index (χ0v) is 17.3. The van der Waals surface area contributed by atoms with Crippen molar-refractivity contribution in [2.45, 2.75) is 12.6 Å². The first-order valence-electron chi connectivity index (χ1n) is 9.92. The van der Waals surface area contributed by atoms with Crippen LogP contribution in [0.3, 0.4) is 0 Å².